The first-order valence-electron chi connectivity index (χ1n) is 8.25. The van der Waals surface area contributed by atoms with Gasteiger partial charge in [-0.15, -0.1) is 0 Å². The lowest BCUT2D eigenvalue weighted by Crippen LogP contribution is -2.44. The molecule has 0 spiro atoms. The predicted molar refractivity (Wildman–Crippen MR) is 99.7 cm³/mol. The number of carbonyl (C=O) groups excluding carboxylic acids is 1. The molecule has 130 valence electrons. The van der Waals surface area contributed by atoms with Gasteiger partial charge < -0.3 is 15.1 Å². The fourth-order valence-electron chi connectivity index (χ4n) is 2.91. The molecule has 1 fully saturated rings. The van der Waals surface area contributed by atoms with Gasteiger partial charge in [0.1, 0.15) is 10.7 Å². The van der Waals surface area contributed by atoms with Crippen LogP contribution >= 0.6 is 11.3 Å². The molecule has 1 N–H and O–H groups in total. The summed E-state index contributed by atoms with van der Waals surface area (Å²) >= 11 is 1.37. The van der Waals surface area contributed by atoms with E-state index >= 15 is 0 Å². The fraction of sp³-hybridized carbons (Fsp3) is 0.353. The molecule has 0 bridgehead atoms. The first kappa shape index (κ1) is 16.0. The van der Waals surface area contributed by atoms with Crippen LogP contribution in [0.5, 0.6) is 0 Å². The number of amides is 1. The largest absolute Gasteiger partial charge is 0.354 e. The molecule has 7 nitrogen and oxygen atoms in total. The van der Waals surface area contributed by atoms with Crippen LogP contribution in [-0.4, -0.2) is 58.4 Å². The Bertz CT molecular complexity index is 880. The second-order valence-corrected chi connectivity index (χ2v) is 7.27. The maximum absolute atomic E-state index is 12.5. The first-order valence-corrected chi connectivity index (χ1v) is 9.07. The van der Waals surface area contributed by atoms with E-state index in [1.54, 1.807) is 12.4 Å². The van der Waals surface area contributed by atoms with E-state index in [4.69, 9.17) is 0 Å². The van der Waals surface area contributed by atoms with Crippen molar-refractivity contribution in [3.8, 4) is 0 Å². The summed E-state index contributed by atoms with van der Waals surface area (Å²) in [7, 11) is 2.14. The summed E-state index contributed by atoms with van der Waals surface area (Å²) < 4.78 is 1.85. The molecule has 0 aliphatic carbocycles. The van der Waals surface area contributed by atoms with Gasteiger partial charge in [0.15, 0.2) is 4.96 Å². The van der Waals surface area contributed by atoms with Gasteiger partial charge in [-0.05, 0) is 26.1 Å². The minimum atomic E-state index is -0.132. The summed E-state index contributed by atoms with van der Waals surface area (Å²) in [6.45, 7) is 5.96. The van der Waals surface area contributed by atoms with Gasteiger partial charge in [0.05, 0.1) is 11.4 Å². The van der Waals surface area contributed by atoms with Gasteiger partial charge in [0, 0.05) is 44.8 Å². The van der Waals surface area contributed by atoms with Crippen LogP contribution in [-0.2, 0) is 0 Å². The second-order valence-electron chi connectivity index (χ2n) is 6.26. The van der Waals surface area contributed by atoms with E-state index in [1.807, 2.05) is 29.7 Å². The number of rotatable bonds is 3. The normalized spacial score (nSPS) is 15.7. The number of nitrogens with zero attached hydrogens (tertiary/aromatic N) is 5. The SMILES string of the molecule is Cc1nc(N2CCN(C)CC2)ccc1NC(=O)c1cn2ccnc2s1. The maximum atomic E-state index is 12.5. The molecular formula is C17H20N6OS. The zero-order valence-electron chi connectivity index (χ0n) is 14.3. The zero-order chi connectivity index (χ0) is 17.4. The van der Waals surface area contributed by atoms with Crippen LogP contribution in [0, 0.1) is 6.92 Å². The molecule has 0 aromatic carbocycles. The molecule has 4 rings (SSSR count). The molecule has 4 heterocycles. The zero-order valence-corrected chi connectivity index (χ0v) is 15.1. The third-order valence-corrected chi connectivity index (χ3v) is 5.47. The van der Waals surface area contributed by atoms with Crippen molar-refractivity contribution in [2.45, 2.75) is 6.92 Å². The van der Waals surface area contributed by atoms with Crippen molar-refractivity contribution in [2.75, 3.05) is 43.4 Å². The fourth-order valence-corrected chi connectivity index (χ4v) is 3.75. The summed E-state index contributed by atoms with van der Waals surface area (Å²) in [5, 5.41) is 2.96. The number of imidazole rings is 1. The van der Waals surface area contributed by atoms with Gasteiger partial charge in [-0.2, -0.15) is 0 Å². The van der Waals surface area contributed by atoms with Crippen LogP contribution in [0.4, 0.5) is 11.5 Å². The van der Waals surface area contributed by atoms with Crippen molar-refractivity contribution < 1.29 is 4.79 Å². The van der Waals surface area contributed by atoms with Crippen molar-refractivity contribution in [2.24, 2.45) is 0 Å². The van der Waals surface area contributed by atoms with Gasteiger partial charge in [-0.1, -0.05) is 11.3 Å². The number of anilines is 2. The number of aromatic nitrogens is 3. The number of likely N-dealkylation sites (N-methyl/N-ethyl adjacent to an activating group) is 1. The van der Waals surface area contributed by atoms with Gasteiger partial charge in [-0.3, -0.25) is 9.20 Å². The molecule has 1 aliphatic rings. The van der Waals surface area contributed by atoms with Crippen molar-refractivity contribution in [1.29, 1.82) is 0 Å². The monoisotopic (exact) mass is 356 g/mol. The average Bonchev–Trinajstić information content (AvgIpc) is 3.19. The summed E-state index contributed by atoms with van der Waals surface area (Å²) in [6, 6.07) is 3.92. The molecule has 25 heavy (non-hydrogen) atoms. The number of hydrogen-bond donors (Lipinski definition) is 1. The number of nitrogens with one attached hydrogen (secondary N) is 1. The van der Waals surface area contributed by atoms with Gasteiger partial charge in [-0.25, -0.2) is 9.97 Å². The molecule has 0 radical (unpaired) electrons. The molecular weight excluding hydrogens is 336 g/mol. The lowest BCUT2D eigenvalue weighted by Gasteiger charge is -2.33. The average molecular weight is 356 g/mol. The number of aryl methyl sites for hydroxylation is 1. The maximum Gasteiger partial charge on any atom is 0.267 e. The minimum absolute atomic E-state index is 0.132. The van der Waals surface area contributed by atoms with E-state index in [-0.39, 0.29) is 5.91 Å². The molecule has 0 atom stereocenters. The third-order valence-electron chi connectivity index (χ3n) is 4.46. The van der Waals surface area contributed by atoms with E-state index in [0.29, 0.717) is 4.88 Å². The highest BCUT2D eigenvalue weighted by Crippen LogP contribution is 2.22. The van der Waals surface area contributed by atoms with Gasteiger partial charge in [0.25, 0.3) is 5.91 Å². The van der Waals surface area contributed by atoms with E-state index in [2.05, 4.69) is 32.1 Å². The molecule has 3 aromatic heterocycles. The Morgan fingerprint density at radius 3 is 2.76 bits per heavy atom. The first-order chi connectivity index (χ1) is 12.1. The highest BCUT2D eigenvalue weighted by atomic mass is 32.1. The summed E-state index contributed by atoms with van der Waals surface area (Å²) in [5.74, 6) is 0.839. The van der Waals surface area contributed by atoms with Gasteiger partial charge >= 0.3 is 0 Å². The van der Waals surface area contributed by atoms with Crippen LogP contribution in [0.1, 0.15) is 15.4 Å². The topological polar surface area (TPSA) is 65.8 Å². The highest BCUT2D eigenvalue weighted by molar-refractivity contribution is 7.18. The van der Waals surface area contributed by atoms with Crippen LogP contribution in [0.25, 0.3) is 4.96 Å². The van der Waals surface area contributed by atoms with Crippen molar-refractivity contribution in [3.63, 3.8) is 0 Å². The molecule has 1 amide bonds. The Labute approximate surface area is 149 Å². The molecule has 1 saturated heterocycles. The predicted octanol–water partition coefficient (Wildman–Crippen LogP) is 2.10. The Morgan fingerprint density at radius 1 is 1.24 bits per heavy atom. The molecule has 8 heteroatoms. The number of fused-ring (bicyclic) bond motifs is 1. The lowest BCUT2D eigenvalue weighted by atomic mass is 10.2. The van der Waals surface area contributed by atoms with E-state index in [0.717, 1.165) is 48.3 Å². The Balaban J connectivity index is 1.49. The summed E-state index contributed by atoms with van der Waals surface area (Å²) in [4.78, 5) is 27.4. The van der Waals surface area contributed by atoms with Gasteiger partial charge in [0.2, 0.25) is 0 Å². The molecule has 3 aromatic rings. The molecule has 0 saturated carbocycles. The Morgan fingerprint density at radius 2 is 2.04 bits per heavy atom. The highest BCUT2D eigenvalue weighted by Gasteiger charge is 2.17. The number of piperazine rings is 1. The number of pyridine rings is 1. The van der Waals surface area contributed by atoms with Crippen molar-refractivity contribution in [3.05, 3.63) is 41.3 Å². The van der Waals surface area contributed by atoms with Crippen LogP contribution in [0.3, 0.4) is 0 Å². The number of hydrogen-bond acceptors (Lipinski definition) is 6. The summed E-state index contributed by atoms with van der Waals surface area (Å²) in [5.41, 5.74) is 1.57. The number of carbonyl (C=O) groups is 1. The van der Waals surface area contributed by atoms with Crippen LogP contribution in [0.15, 0.2) is 30.7 Å². The van der Waals surface area contributed by atoms with Crippen molar-refractivity contribution in [1.82, 2.24) is 19.3 Å². The quantitative estimate of drug-likeness (QED) is 0.779. The second kappa shape index (κ2) is 6.45. The van der Waals surface area contributed by atoms with Crippen LogP contribution in [0.2, 0.25) is 0 Å². The Hall–Kier alpha value is -2.45. The molecule has 1 aliphatic heterocycles. The van der Waals surface area contributed by atoms with E-state index in [1.165, 1.54) is 11.3 Å². The molecule has 0 unspecified atom stereocenters. The smallest absolute Gasteiger partial charge is 0.267 e. The van der Waals surface area contributed by atoms with Crippen molar-refractivity contribution >= 4 is 33.7 Å². The minimum Gasteiger partial charge on any atom is -0.354 e. The van der Waals surface area contributed by atoms with Crippen LogP contribution < -0.4 is 10.2 Å². The lowest BCUT2D eigenvalue weighted by molar-refractivity contribution is 0.103. The van der Waals surface area contributed by atoms with E-state index < -0.39 is 0 Å². The standard InChI is InChI=1S/C17H20N6OS/c1-12-13(3-4-15(19-12)22-9-7-21(2)8-10-22)20-16(24)14-11-23-6-5-18-17(23)25-14/h3-6,11H,7-10H2,1-2H3,(H,20,24). The third kappa shape index (κ3) is 3.22. The number of thiazole rings is 1. The Kier molecular flexibility index (Phi) is 4.14. The van der Waals surface area contributed by atoms with E-state index in [9.17, 15) is 4.79 Å². The summed E-state index contributed by atoms with van der Waals surface area (Å²) in [6.07, 6.45) is 5.35.